The zero-order chi connectivity index (χ0) is 26.2. The van der Waals surface area contributed by atoms with Gasteiger partial charge in [0.1, 0.15) is 11.4 Å². The lowest BCUT2D eigenvalue weighted by atomic mass is 10.1. The number of benzene rings is 2. The predicted octanol–water partition coefficient (Wildman–Crippen LogP) is 9.20. The number of allylic oxidation sites excluding steroid dienone is 1. The molecule has 36 heavy (non-hydrogen) atoms. The molecule has 0 atom stereocenters. The molecular weight excluding hydrogens is 514 g/mol. The van der Waals surface area contributed by atoms with Crippen molar-refractivity contribution >= 4 is 22.0 Å². The van der Waals surface area contributed by atoms with Crippen LogP contribution in [0.15, 0.2) is 61.2 Å². The van der Waals surface area contributed by atoms with Crippen LogP contribution in [0.2, 0.25) is 0 Å². The molecule has 0 aliphatic heterocycles. The van der Waals surface area contributed by atoms with Crippen LogP contribution in [0.4, 0.5) is 4.79 Å². The summed E-state index contributed by atoms with van der Waals surface area (Å²) in [4.78, 5) is 14.7. The second kappa shape index (κ2) is 16.5. The van der Waals surface area contributed by atoms with Gasteiger partial charge in [-0.15, -0.1) is 6.58 Å². The average molecular weight is 559 g/mol. The first-order valence-electron chi connectivity index (χ1n) is 13.2. The number of carbonyl (C=O) groups excluding carboxylic acids is 1. The second-order valence-electron chi connectivity index (χ2n) is 10.3. The Morgan fingerprint density at radius 3 is 1.86 bits per heavy atom. The molecule has 0 aliphatic rings. The maximum absolute atomic E-state index is 12.9. The maximum atomic E-state index is 12.9. The molecule has 5 heteroatoms. The summed E-state index contributed by atoms with van der Waals surface area (Å²) in [5.41, 5.74) is 2.78. The van der Waals surface area contributed by atoms with E-state index in [0.29, 0.717) is 13.1 Å². The van der Waals surface area contributed by atoms with Crippen molar-refractivity contribution in [3.05, 3.63) is 77.9 Å². The van der Waals surface area contributed by atoms with Crippen LogP contribution in [-0.4, -0.2) is 23.2 Å². The van der Waals surface area contributed by atoms with Crippen LogP contribution in [0, 0.1) is 0 Å². The second-order valence-corrected chi connectivity index (χ2v) is 10.9. The number of nitrogens with zero attached hydrogens (tertiary/aromatic N) is 1. The van der Waals surface area contributed by atoms with Gasteiger partial charge in [-0.1, -0.05) is 90.5 Å². The lowest BCUT2D eigenvalue weighted by molar-refractivity contribution is 0.0216. The summed E-state index contributed by atoms with van der Waals surface area (Å²) in [6.07, 6.45) is 11.6. The number of ether oxygens (including phenoxy) is 2. The Kier molecular flexibility index (Phi) is 13.7. The topological polar surface area (TPSA) is 38.8 Å². The van der Waals surface area contributed by atoms with Crippen molar-refractivity contribution in [3.63, 3.8) is 0 Å². The van der Waals surface area contributed by atoms with Crippen molar-refractivity contribution in [2.75, 3.05) is 6.61 Å². The normalized spacial score (nSPS) is 11.2. The Bertz CT molecular complexity index is 888. The van der Waals surface area contributed by atoms with Gasteiger partial charge in [-0.25, -0.2) is 4.79 Å². The summed E-state index contributed by atoms with van der Waals surface area (Å²) < 4.78 is 11.6. The third-order valence-corrected chi connectivity index (χ3v) is 6.47. The lowest BCUT2D eigenvalue weighted by Crippen LogP contribution is -2.36. The number of hydrogen-bond acceptors (Lipinski definition) is 3. The molecule has 0 radical (unpaired) electrons. The maximum Gasteiger partial charge on any atom is 0.410 e. The van der Waals surface area contributed by atoms with E-state index in [-0.39, 0.29) is 6.09 Å². The van der Waals surface area contributed by atoms with Crippen LogP contribution in [0.3, 0.4) is 0 Å². The highest BCUT2D eigenvalue weighted by molar-refractivity contribution is 9.08. The van der Waals surface area contributed by atoms with Crippen molar-refractivity contribution in [3.8, 4) is 5.75 Å². The molecule has 2 aromatic carbocycles. The summed E-state index contributed by atoms with van der Waals surface area (Å²) in [5, 5.41) is 0.813. The highest BCUT2D eigenvalue weighted by atomic mass is 79.9. The fourth-order valence-corrected chi connectivity index (χ4v) is 4.22. The minimum absolute atomic E-state index is 0.312. The molecule has 4 nitrogen and oxygen atoms in total. The number of halogens is 1. The molecule has 2 rings (SSSR count). The summed E-state index contributed by atoms with van der Waals surface area (Å²) >= 11 is 3.48. The Morgan fingerprint density at radius 2 is 1.33 bits per heavy atom. The van der Waals surface area contributed by atoms with Crippen LogP contribution in [0.25, 0.3) is 0 Å². The van der Waals surface area contributed by atoms with Gasteiger partial charge in [0.2, 0.25) is 0 Å². The summed E-state index contributed by atoms with van der Waals surface area (Å²) in [7, 11) is 0. The van der Waals surface area contributed by atoms with Crippen LogP contribution in [0.1, 0.15) is 88.8 Å². The summed E-state index contributed by atoms with van der Waals surface area (Å²) in [6.45, 7) is 11.2. The Balaban J connectivity index is 1.83. The van der Waals surface area contributed by atoms with Gasteiger partial charge in [-0.3, -0.25) is 4.90 Å². The van der Waals surface area contributed by atoms with Gasteiger partial charge in [0.05, 0.1) is 6.61 Å². The van der Waals surface area contributed by atoms with Crippen molar-refractivity contribution in [2.24, 2.45) is 0 Å². The van der Waals surface area contributed by atoms with Crippen molar-refractivity contribution < 1.29 is 14.3 Å². The smallest absolute Gasteiger partial charge is 0.410 e. The molecular formula is C31H44BrNO3. The number of alkyl halides is 1. The molecule has 0 fully saturated rings. The van der Waals surface area contributed by atoms with Gasteiger partial charge in [-0.2, -0.15) is 0 Å². The van der Waals surface area contributed by atoms with Crippen LogP contribution in [-0.2, 0) is 23.2 Å². The van der Waals surface area contributed by atoms with Crippen molar-refractivity contribution in [1.82, 2.24) is 4.90 Å². The molecule has 0 heterocycles. The molecule has 0 saturated heterocycles. The van der Waals surface area contributed by atoms with Gasteiger partial charge in [-0.05, 0) is 68.9 Å². The number of rotatable bonds is 16. The quantitative estimate of drug-likeness (QED) is 0.117. The average Bonchev–Trinajstić information content (AvgIpc) is 2.85. The zero-order valence-electron chi connectivity index (χ0n) is 22.4. The largest absolute Gasteiger partial charge is 0.494 e. The van der Waals surface area contributed by atoms with E-state index < -0.39 is 5.60 Å². The number of carbonyl (C=O) groups is 1. The fourth-order valence-electron chi connectivity index (χ4n) is 3.84. The zero-order valence-corrected chi connectivity index (χ0v) is 24.0. The monoisotopic (exact) mass is 557 g/mol. The number of amides is 1. The van der Waals surface area contributed by atoms with E-state index in [0.717, 1.165) is 41.7 Å². The first kappa shape index (κ1) is 30.0. The van der Waals surface area contributed by atoms with E-state index >= 15 is 0 Å². The minimum Gasteiger partial charge on any atom is -0.494 e. The first-order valence-corrected chi connectivity index (χ1v) is 14.4. The van der Waals surface area contributed by atoms with E-state index in [1.54, 1.807) is 4.90 Å². The van der Waals surface area contributed by atoms with E-state index in [9.17, 15) is 4.79 Å². The van der Waals surface area contributed by atoms with Crippen molar-refractivity contribution in [1.29, 1.82) is 0 Å². The molecule has 0 unspecified atom stereocenters. The van der Waals surface area contributed by atoms with Gasteiger partial charge >= 0.3 is 6.09 Å². The SMILES string of the molecule is C=CCCCCCCCCCOc1ccc(CN(Cc2ccc(CBr)cc2)C(=O)OC(C)(C)C)cc1. The first-order chi connectivity index (χ1) is 17.3. The molecule has 1 amide bonds. The summed E-state index contributed by atoms with van der Waals surface area (Å²) in [5.74, 6) is 0.873. The Morgan fingerprint density at radius 1 is 0.833 bits per heavy atom. The highest BCUT2D eigenvalue weighted by Crippen LogP contribution is 2.19. The van der Waals surface area contributed by atoms with Crippen molar-refractivity contribution in [2.45, 2.75) is 96.2 Å². The van der Waals surface area contributed by atoms with E-state index in [1.807, 2.05) is 51.1 Å². The molecule has 198 valence electrons. The molecule has 0 saturated carbocycles. The third-order valence-electron chi connectivity index (χ3n) is 5.82. The van der Waals surface area contributed by atoms with Gasteiger partial charge < -0.3 is 9.47 Å². The van der Waals surface area contributed by atoms with E-state index in [2.05, 4.69) is 46.8 Å². The molecule has 2 aromatic rings. The molecule has 0 spiro atoms. The Hall–Kier alpha value is -2.27. The highest BCUT2D eigenvalue weighted by Gasteiger charge is 2.22. The summed E-state index contributed by atoms with van der Waals surface area (Å²) in [6, 6.07) is 16.3. The predicted molar refractivity (Wildman–Crippen MR) is 154 cm³/mol. The Labute approximate surface area is 227 Å². The molecule has 0 aliphatic carbocycles. The molecule has 0 aromatic heterocycles. The van der Waals surface area contributed by atoms with Crippen LogP contribution >= 0.6 is 15.9 Å². The fraction of sp³-hybridized carbons (Fsp3) is 0.516. The number of hydrogen-bond donors (Lipinski definition) is 0. The minimum atomic E-state index is -0.543. The molecule has 0 bridgehead atoms. The van der Waals surface area contributed by atoms with Gasteiger partial charge in [0.15, 0.2) is 0 Å². The van der Waals surface area contributed by atoms with Crippen LogP contribution < -0.4 is 4.74 Å². The van der Waals surface area contributed by atoms with Gasteiger partial charge in [0, 0.05) is 18.4 Å². The van der Waals surface area contributed by atoms with E-state index in [1.165, 1.54) is 44.1 Å². The number of unbranched alkanes of at least 4 members (excludes halogenated alkanes) is 7. The molecule has 0 N–H and O–H groups in total. The standard InChI is InChI=1S/C31H44BrNO3/c1-5-6-7-8-9-10-11-12-13-22-35-29-20-18-28(19-21-29)25-33(30(34)36-31(2,3)4)24-27-16-14-26(23-32)15-17-27/h5,14-21H,1,6-13,22-25H2,2-4H3. The van der Waals surface area contributed by atoms with E-state index in [4.69, 9.17) is 9.47 Å². The third kappa shape index (κ3) is 12.6. The van der Waals surface area contributed by atoms with Crippen LogP contribution in [0.5, 0.6) is 5.75 Å². The lowest BCUT2D eigenvalue weighted by Gasteiger charge is -2.27. The van der Waals surface area contributed by atoms with Gasteiger partial charge in [0.25, 0.3) is 0 Å².